The molecule has 0 saturated carbocycles. The quantitative estimate of drug-likeness (QED) is 0.893. The van der Waals surface area contributed by atoms with E-state index in [4.69, 9.17) is 4.74 Å². The zero-order valence-electron chi connectivity index (χ0n) is 11.4. The molecule has 3 rings (SSSR count). The lowest BCUT2D eigenvalue weighted by Gasteiger charge is -2.26. The predicted molar refractivity (Wildman–Crippen MR) is 77.7 cm³/mol. The lowest BCUT2D eigenvalue weighted by Crippen LogP contribution is -2.37. The van der Waals surface area contributed by atoms with Crippen molar-refractivity contribution in [1.29, 1.82) is 0 Å². The first-order chi connectivity index (χ1) is 10.2. The number of aromatic nitrogens is 4. The summed E-state index contributed by atoms with van der Waals surface area (Å²) in [7, 11) is 0. The normalized spacial score (nSPS) is 15.0. The molecule has 1 fully saturated rings. The summed E-state index contributed by atoms with van der Waals surface area (Å²) >= 11 is 1.24. The van der Waals surface area contributed by atoms with Crippen LogP contribution < -0.4 is 10.2 Å². The number of hydrogen-bond acceptors (Lipinski definition) is 8. The molecule has 0 bridgehead atoms. The highest BCUT2D eigenvalue weighted by atomic mass is 32.1. The lowest BCUT2D eigenvalue weighted by molar-refractivity contribution is 0.102. The van der Waals surface area contributed by atoms with Crippen LogP contribution in [0.15, 0.2) is 12.4 Å². The molecule has 0 atom stereocenters. The Morgan fingerprint density at radius 3 is 2.67 bits per heavy atom. The van der Waals surface area contributed by atoms with Gasteiger partial charge >= 0.3 is 0 Å². The molecule has 0 radical (unpaired) electrons. The van der Waals surface area contributed by atoms with E-state index in [0.29, 0.717) is 30.7 Å². The van der Waals surface area contributed by atoms with E-state index in [2.05, 4.69) is 24.6 Å². The monoisotopic (exact) mass is 306 g/mol. The van der Waals surface area contributed by atoms with E-state index in [1.165, 1.54) is 23.9 Å². The van der Waals surface area contributed by atoms with Crippen LogP contribution >= 0.6 is 11.5 Å². The van der Waals surface area contributed by atoms with E-state index in [-0.39, 0.29) is 5.91 Å². The van der Waals surface area contributed by atoms with Gasteiger partial charge in [-0.25, -0.2) is 15.0 Å². The Morgan fingerprint density at radius 1 is 1.33 bits per heavy atom. The summed E-state index contributed by atoms with van der Waals surface area (Å²) in [5.41, 5.74) is 0.375. The average Bonchev–Trinajstić information content (AvgIpc) is 2.93. The highest BCUT2D eigenvalue weighted by Gasteiger charge is 2.15. The van der Waals surface area contributed by atoms with E-state index < -0.39 is 0 Å². The molecule has 0 aliphatic carbocycles. The van der Waals surface area contributed by atoms with Crippen molar-refractivity contribution in [3.05, 3.63) is 23.0 Å². The molecule has 1 aliphatic heterocycles. The Bertz CT molecular complexity index is 623. The Labute approximate surface area is 125 Å². The fraction of sp³-hybridized carbons (Fsp3) is 0.417. The maximum atomic E-state index is 12.0. The minimum absolute atomic E-state index is 0.305. The zero-order valence-corrected chi connectivity index (χ0v) is 12.3. The first-order valence-electron chi connectivity index (χ1n) is 6.49. The minimum Gasteiger partial charge on any atom is -0.378 e. The number of carbonyl (C=O) groups excluding carboxylic acids is 1. The highest BCUT2D eigenvalue weighted by Crippen LogP contribution is 2.11. The summed E-state index contributed by atoms with van der Waals surface area (Å²) in [6, 6.07) is 0. The van der Waals surface area contributed by atoms with Crippen molar-refractivity contribution in [3.8, 4) is 0 Å². The molecule has 1 saturated heterocycles. The van der Waals surface area contributed by atoms with E-state index in [1.54, 1.807) is 0 Å². The number of nitrogens with zero attached hydrogens (tertiary/aromatic N) is 5. The summed E-state index contributed by atoms with van der Waals surface area (Å²) in [6.07, 6.45) is 3.01. The molecule has 3 heterocycles. The molecular formula is C12H14N6O2S. The molecule has 1 amide bonds. The Morgan fingerprint density at radius 2 is 2.05 bits per heavy atom. The van der Waals surface area contributed by atoms with E-state index >= 15 is 0 Å². The van der Waals surface area contributed by atoms with Gasteiger partial charge in [-0.2, -0.15) is 4.37 Å². The second-order valence-corrected chi connectivity index (χ2v) is 5.42. The first kappa shape index (κ1) is 13.8. The van der Waals surface area contributed by atoms with Gasteiger partial charge in [0.15, 0.2) is 0 Å². The molecule has 1 N–H and O–H groups in total. The summed E-state index contributed by atoms with van der Waals surface area (Å²) in [5, 5.41) is 3.41. The zero-order chi connectivity index (χ0) is 14.7. The van der Waals surface area contributed by atoms with Crippen molar-refractivity contribution in [2.45, 2.75) is 6.92 Å². The largest absolute Gasteiger partial charge is 0.378 e. The van der Waals surface area contributed by atoms with Gasteiger partial charge in [-0.1, -0.05) is 0 Å². The number of rotatable bonds is 3. The third-order valence-electron chi connectivity index (χ3n) is 2.95. The van der Waals surface area contributed by atoms with Gasteiger partial charge in [0.1, 0.15) is 5.01 Å². The van der Waals surface area contributed by atoms with Gasteiger partial charge in [0, 0.05) is 25.5 Å². The van der Waals surface area contributed by atoms with Gasteiger partial charge in [-0.3, -0.25) is 10.1 Å². The van der Waals surface area contributed by atoms with E-state index in [1.807, 2.05) is 11.8 Å². The lowest BCUT2D eigenvalue weighted by atomic mass is 10.3. The summed E-state index contributed by atoms with van der Waals surface area (Å²) in [5.74, 6) is 0.596. The molecule has 8 nitrogen and oxygen atoms in total. The maximum Gasteiger partial charge on any atom is 0.261 e. The smallest absolute Gasteiger partial charge is 0.261 e. The minimum atomic E-state index is -0.318. The molecule has 21 heavy (non-hydrogen) atoms. The molecule has 0 spiro atoms. The third kappa shape index (κ3) is 3.31. The predicted octanol–water partition coefficient (Wildman–Crippen LogP) is 0.725. The molecule has 0 aromatic carbocycles. The van der Waals surface area contributed by atoms with Crippen molar-refractivity contribution in [3.63, 3.8) is 0 Å². The molecule has 0 unspecified atom stereocenters. The van der Waals surface area contributed by atoms with Gasteiger partial charge in [0.25, 0.3) is 5.91 Å². The number of morpholine rings is 1. The second-order valence-electron chi connectivity index (χ2n) is 4.46. The number of anilines is 2. The van der Waals surface area contributed by atoms with Gasteiger partial charge < -0.3 is 9.64 Å². The average molecular weight is 306 g/mol. The van der Waals surface area contributed by atoms with Crippen LogP contribution in [-0.4, -0.2) is 51.5 Å². The maximum absolute atomic E-state index is 12.0. The van der Waals surface area contributed by atoms with Crippen LogP contribution in [0.2, 0.25) is 0 Å². The number of carbonyl (C=O) groups is 1. The SMILES string of the molecule is Cc1nc(NC(=O)c2cnc(N3CCOCC3)nc2)ns1. The van der Waals surface area contributed by atoms with Crippen LogP contribution in [0.3, 0.4) is 0 Å². The molecular weight excluding hydrogens is 292 g/mol. The Hall–Kier alpha value is -2.13. The van der Waals surface area contributed by atoms with E-state index in [9.17, 15) is 4.79 Å². The third-order valence-corrected chi connectivity index (χ3v) is 3.57. The van der Waals surface area contributed by atoms with Crippen molar-refractivity contribution in [2.24, 2.45) is 0 Å². The Kier molecular flexibility index (Phi) is 4.02. The highest BCUT2D eigenvalue weighted by molar-refractivity contribution is 7.05. The van der Waals surface area contributed by atoms with Crippen LogP contribution in [0, 0.1) is 6.92 Å². The van der Waals surface area contributed by atoms with Crippen LogP contribution in [0.4, 0.5) is 11.9 Å². The summed E-state index contributed by atoms with van der Waals surface area (Å²) in [4.78, 5) is 26.6. The van der Waals surface area contributed by atoms with Crippen LogP contribution in [0.25, 0.3) is 0 Å². The van der Waals surface area contributed by atoms with Crippen molar-refractivity contribution < 1.29 is 9.53 Å². The molecule has 9 heteroatoms. The van der Waals surface area contributed by atoms with Gasteiger partial charge in [0.05, 0.1) is 18.8 Å². The topological polar surface area (TPSA) is 93.1 Å². The fourth-order valence-corrected chi connectivity index (χ4v) is 2.32. The fourth-order valence-electron chi connectivity index (χ4n) is 1.89. The molecule has 1 aliphatic rings. The van der Waals surface area contributed by atoms with Crippen LogP contribution in [0.5, 0.6) is 0 Å². The summed E-state index contributed by atoms with van der Waals surface area (Å²) < 4.78 is 9.29. The number of nitrogens with one attached hydrogen (secondary N) is 1. The number of aryl methyl sites for hydroxylation is 1. The molecule has 2 aromatic rings. The number of hydrogen-bond donors (Lipinski definition) is 1. The Balaban J connectivity index is 1.67. The van der Waals surface area contributed by atoms with Gasteiger partial charge in [-0.15, -0.1) is 0 Å². The van der Waals surface area contributed by atoms with E-state index in [0.717, 1.165) is 18.1 Å². The van der Waals surface area contributed by atoms with Crippen molar-refractivity contribution in [1.82, 2.24) is 19.3 Å². The molecule has 110 valence electrons. The summed E-state index contributed by atoms with van der Waals surface area (Å²) in [6.45, 7) is 4.68. The standard InChI is InChI=1S/C12H14N6O2S/c1-8-15-11(17-21-8)16-10(19)9-6-13-12(14-7-9)18-2-4-20-5-3-18/h6-7H,2-5H2,1H3,(H,16,17,19). The van der Waals surface area contributed by atoms with Crippen molar-refractivity contribution >= 4 is 29.3 Å². The number of ether oxygens (including phenoxy) is 1. The second kappa shape index (κ2) is 6.10. The van der Waals surface area contributed by atoms with Gasteiger partial charge in [0.2, 0.25) is 11.9 Å². The van der Waals surface area contributed by atoms with Crippen molar-refractivity contribution in [2.75, 3.05) is 36.5 Å². The van der Waals surface area contributed by atoms with Crippen LogP contribution in [0.1, 0.15) is 15.4 Å². The number of amides is 1. The first-order valence-corrected chi connectivity index (χ1v) is 7.26. The van der Waals surface area contributed by atoms with Crippen LogP contribution in [-0.2, 0) is 4.74 Å². The molecule has 2 aromatic heterocycles. The van der Waals surface area contributed by atoms with Gasteiger partial charge in [-0.05, 0) is 18.5 Å².